The molecular formula is C16H15N3O2. The summed E-state index contributed by atoms with van der Waals surface area (Å²) in [6.07, 6.45) is 3.03. The Labute approximate surface area is 122 Å². The minimum absolute atomic E-state index is 0.285. The second kappa shape index (κ2) is 6.38. The zero-order valence-electron chi connectivity index (χ0n) is 11.2. The average molecular weight is 281 g/mol. The molecule has 0 radical (unpaired) electrons. The molecule has 0 aliphatic heterocycles. The standard InChI is InChI=1S/C16H15N3O2/c17-13-3-1-2-4-14(13)19-15(20)10-7-11-5-8-12(9-6-11)16(18)21/h1-10H,17H2,(H2,18,21)(H,19,20). The van der Waals surface area contributed by atoms with Crippen LogP contribution in [0.2, 0.25) is 0 Å². The molecule has 106 valence electrons. The van der Waals surface area contributed by atoms with Crippen LogP contribution in [0.4, 0.5) is 11.4 Å². The molecule has 0 aliphatic rings. The van der Waals surface area contributed by atoms with Crippen molar-refractivity contribution in [2.75, 3.05) is 11.1 Å². The molecule has 0 aliphatic carbocycles. The number of carbonyl (C=O) groups excluding carboxylic acids is 2. The quantitative estimate of drug-likeness (QED) is 0.590. The van der Waals surface area contributed by atoms with E-state index in [1.165, 1.54) is 6.08 Å². The van der Waals surface area contributed by atoms with Gasteiger partial charge in [0, 0.05) is 11.6 Å². The first-order chi connectivity index (χ1) is 10.1. The molecule has 0 saturated carbocycles. The Morgan fingerprint density at radius 3 is 2.29 bits per heavy atom. The third kappa shape index (κ3) is 3.94. The van der Waals surface area contributed by atoms with Gasteiger partial charge < -0.3 is 16.8 Å². The molecule has 2 aromatic carbocycles. The maximum atomic E-state index is 11.8. The zero-order valence-corrected chi connectivity index (χ0v) is 11.2. The van der Waals surface area contributed by atoms with E-state index in [4.69, 9.17) is 11.5 Å². The molecule has 2 aromatic rings. The van der Waals surface area contributed by atoms with Gasteiger partial charge in [0.15, 0.2) is 0 Å². The fourth-order valence-corrected chi connectivity index (χ4v) is 1.72. The Hall–Kier alpha value is -3.08. The van der Waals surface area contributed by atoms with Crippen LogP contribution in [-0.4, -0.2) is 11.8 Å². The first-order valence-corrected chi connectivity index (χ1v) is 6.29. The van der Waals surface area contributed by atoms with Gasteiger partial charge in [-0.1, -0.05) is 24.3 Å². The van der Waals surface area contributed by atoms with Crippen LogP contribution in [0.15, 0.2) is 54.6 Å². The average Bonchev–Trinajstić information content (AvgIpc) is 2.48. The molecule has 0 saturated heterocycles. The molecule has 0 unspecified atom stereocenters. The van der Waals surface area contributed by atoms with Crippen molar-refractivity contribution in [2.24, 2.45) is 5.73 Å². The minimum atomic E-state index is -0.483. The highest BCUT2D eigenvalue weighted by Gasteiger charge is 2.01. The third-order valence-electron chi connectivity index (χ3n) is 2.84. The van der Waals surface area contributed by atoms with Crippen LogP contribution >= 0.6 is 0 Å². The lowest BCUT2D eigenvalue weighted by Gasteiger charge is -2.04. The first-order valence-electron chi connectivity index (χ1n) is 6.29. The lowest BCUT2D eigenvalue weighted by Crippen LogP contribution is -2.10. The van der Waals surface area contributed by atoms with Crippen molar-refractivity contribution in [3.05, 3.63) is 65.7 Å². The first kappa shape index (κ1) is 14.3. The van der Waals surface area contributed by atoms with Crippen molar-refractivity contribution < 1.29 is 9.59 Å². The van der Waals surface area contributed by atoms with E-state index in [-0.39, 0.29) is 5.91 Å². The normalized spacial score (nSPS) is 10.5. The number of hydrogen-bond donors (Lipinski definition) is 3. The second-order valence-corrected chi connectivity index (χ2v) is 4.40. The number of primary amides is 1. The maximum Gasteiger partial charge on any atom is 0.248 e. The minimum Gasteiger partial charge on any atom is -0.397 e. The van der Waals surface area contributed by atoms with Crippen molar-refractivity contribution in [3.8, 4) is 0 Å². The number of nitrogens with two attached hydrogens (primary N) is 2. The topological polar surface area (TPSA) is 98.2 Å². The van der Waals surface area contributed by atoms with E-state index in [0.717, 1.165) is 5.56 Å². The number of amides is 2. The van der Waals surface area contributed by atoms with E-state index in [2.05, 4.69) is 5.32 Å². The summed E-state index contributed by atoms with van der Waals surface area (Å²) >= 11 is 0. The fourth-order valence-electron chi connectivity index (χ4n) is 1.72. The van der Waals surface area contributed by atoms with Gasteiger partial charge in [0.1, 0.15) is 0 Å². The summed E-state index contributed by atoms with van der Waals surface area (Å²) in [6.45, 7) is 0. The lowest BCUT2D eigenvalue weighted by atomic mass is 10.1. The highest BCUT2D eigenvalue weighted by atomic mass is 16.1. The molecule has 0 bridgehead atoms. The summed E-state index contributed by atoms with van der Waals surface area (Å²) in [4.78, 5) is 22.7. The number of benzene rings is 2. The molecule has 5 nitrogen and oxygen atoms in total. The van der Waals surface area contributed by atoms with Gasteiger partial charge in [-0.15, -0.1) is 0 Å². The van der Waals surface area contributed by atoms with E-state index in [1.807, 2.05) is 0 Å². The molecule has 0 aromatic heterocycles. The molecule has 2 amide bonds. The van der Waals surface area contributed by atoms with Crippen LogP contribution < -0.4 is 16.8 Å². The number of rotatable bonds is 4. The van der Waals surface area contributed by atoms with E-state index < -0.39 is 5.91 Å². The lowest BCUT2D eigenvalue weighted by molar-refractivity contribution is -0.111. The number of hydrogen-bond acceptors (Lipinski definition) is 3. The van der Waals surface area contributed by atoms with E-state index in [0.29, 0.717) is 16.9 Å². The monoisotopic (exact) mass is 281 g/mol. The predicted molar refractivity (Wildman–Crippen MR) is 83.5 cm³/mol. The smallest absolute Gasteiger partial charge is 0.248 e. The van der Waals surface area contributed by atoms with Crippen LogP contribution in [0.25, 0.3) is 6.08 Å². The Morgan fingerprint density at radius 2 is 1.67 bits per heavy atom. The van der Waals surface area contributed by atoms with Crippen molar-refractivity contribution in [1.29, 1.82) is 0 Å². The van der Waals surface area contributed by atoms with E-state index in [1.54, 1.807) is 54.6 Å². The van der Waals surface area contributed by atoms with Gasteiger partial charge in [-0.2, -0.15) is 0 Å². The fraction of sp³-hybridized carbons (Fsp3) is 0. The van der Waals surface area contributed by atoms with Gasteiger partial charge in [0.25, 0.3) is 0 Å². The van der Waals surface area contributed by atoms with Crippen molar-refractivity contribution in [3.63, 3.8) is 0 Å². The summed E-state index contributed by atoms with van der Waals surface area (Å²) in [5.41, 5.74) is 13.2. The van der Waals surface area contributed by atoms with Crippen molar-refractivity contribution >= 4 is 29.3 Å². The molecule has 5 heteroatoms. The summed E-state index contributed by atoms with van der Waals surface area (Å²) in [5, 5.41) is 2.69. The van der Waals surface area contributed by atoms with Gasteiger partial charge in [0.05, 0.1) is 11.4 Å². The molecule has 0 spiro atoms. The molecule has 0 atom stereocenters. The zero-order chi connectivity index (χ0) is 15.2. The molecular weight excluding hydrogens is 266 g/mol. The van der Waals surface area contributed by atoms with Gasteiger partial charge >= 0.3 is 0 Å². The molecule has 2 rings (SSSR count). The maximum absolute atomic E-state index is 11.8. The van der Waals surface area contributed by atoms with Crippen LogP contribution in [0.1, 0.15) is 15.9 Å². The second-order valence-electron chi connectivity index (χ2n) is 4.40. The number of anilines is 2. The summed E-state index contributed by atoms with van der Waals surface area (Å²) in [5.74, 6) is -0.769. The number of nitrogens with one attached hydrogen (secondary N) is 1. The largest absolute Gasteiger partial charge is 0.397 e. The molecule has 0 fully saturated rings. The number of para-hydroxylation sites is 2. The Morgan fingerprint density at radius 1 is 1.00 bits per heavy atom. The van der Waals surface area contributed by atoms with E-state index >= 15 is 0 Å². The third-order valence-corrected chi connectivity index (χ3v) is 2.84. The number of carbonyl (C=O) groups is 2. The highest BCUT2D eigenvalue weighted by molar-refractivity contribution is 6.03. The summed E-state index contributed by atoms with van der Waals surface area (Å²) < 4.78 is 0. The number of nitrogen functional groups attached to an aromatic ring is 1. The van der Waals surface area contributed by atoms with Crippen LogP contribution in [0, 0.1) is 0 Å². The van der Waals surface area contributed by atoms with Gasteiger partial charge in [0.2, 0.25) is 11.8 Å². The Kier molecular flexibility index (Phi) is 4.36. The van der Waals surface area contributed by atoms with Gasteiger partial charge in [-0.05, 0) is 35.9 Å². The molecule has 0 heterocycles. The van der Waals surface area contributed by atoms with Crippen LogP contribution in [0.3, 0.4) is 0 Å². The molecule has 5 N–H and O–H groups in total. The van der Waals surface area contributed by atoms with Gasteiger partial charge in [-0.3, -0.25) is 9.59 Å². The Balaban J connectivity index is 2.02. The summed E-state index contributed by atoms with van der Waals surface area (Å²) in [7, 11) is 0. The van der Waals surface area contributed by atoms with Crippen LogP contribution in [0.5, 0.6) is 0 Å². The van der Waals surface area contributed by atoms with Crippen molar-refractivity contribution in [2.45, 2.75) is 0 Å². The molecule has 21 heavy (non-hydrogen) atoms. The van der Waals surface area contributed by atoms with E-state index in [9.17, 15) is 9.59 Å². The predicted octanol–water partition coefficient (Wildman–Crippen LogP) is 2.02. The SMILES string of the molecule is NC(=O)c1ccc(C=CC(=O)Nc2ccccc2N)cc1. The van der Waals surface area contributed by atoms with Gasteiger partial charge in [-0.25, -0.2) is 0 Å². The Bertz CT molecular complexity index is 691. The van der Waals surface area contributed by atoms with Crippen molar-refractivity contribution in [1.82, 2.24) is 0 Å². The van der Waals surface area contributed by atoms with Crippen LogP contribution in [-0.2, 0) is 4.79 Å². The summed E-state index contributed by atoms with van der Waals surface area (Å²) in [6, 6.07) is 13.6. The highest BCUT2D eigenvalue weighted by Crippen LogP contribution is 2.16.